The van der Waals surface area contributed by atoms with E-state index in [0.29, 0.717) is 17.4 Å². The number of carbonyl (C=O) groups excluding carboxylic acids is 1. The van der Waals surface area contributed by atoms with Gasteiger partial charge in [-0.25, -0.2) is 4.98 Å². The molecule has 7 heteroatoms. The molecule has 0 unspecified atom stereocenters. The van der Waals surface area contributed by atoms with E-state index in [1.54, 1.807) is 19.1 Å². The van der Waals surface area contributed by atoms with Gasteiger partial charge in [0.15, 0.2) is 0 Å². The molecule has 0 aliphatic carbocycles. The molecule has 3 aromatic carbocycles. The van der Waals surface area contributed by atoms with Gasteiger partial charge in [-0.3, -0.25) is 4.79 Å². The van der Waals surface area contributed by atoms with Crippen molar-refractivity contribution in [3.63, 3.8) is 0 Å². The molecular weight excluding hydrogens is 432 g/mol. The molecule has 0 aliphatic rings. The van der Waals surface area contributed by atoms with Crippen LogP contribution in [-0.4, -0.2) is 45.9 Å². The molecule has 0 atom stereocenters. The van der Waals surface area contributed by atoms with Crippen LogP contribution in [0.2, 0.25) is 0 Å². The Kier molecular flexibility index (Phi) is 7.32. The molecular formula is C26H24N4O2S. The number of rotatable bonds is 8. The van der Waals surface area contributed by atoms with Gasteiger partial charge in [-0.05, 0) is 6.07 Å². The van der Waals surface area contributed by atoms with Crippen LogP contribution in [0.5, 0.6) is 5.75 Å². The lowest BCUT2D eigenvalue weighted by atomic mass is 10.0. The summed E-state index contributed by atoms with van der Waals surface area (Å²) in [6, 6.07) is 27.4. The largest absolute Gasteiger partial charge is 0.496 e. The molecule has 6 nitrogen and oxygen atoms in total. The topological polar surface area (TPSA) is 68.2 Å². The van der Waals surface area contributed by atoms with E-state index >= 15 is 0 Å². The highest BCUT2D eigenvalue weighted by atomic mass is 32.2. The summed E-state index contributed by atoms with van der Waals surface area (Å²) in [6.07, 6.45) is 0. The highest BCUT2D eigenvalue weighted by Gasteiger charge is 2.16. The SMILES string of the molecule is COc1ccccc1CN(C)C(=O)CSc1nnc(-c2ccccc2)c(-c2ccccc2)n1. The second kappa shape index (κ2) is 10.7. The number of para-hydroxylation sites is 1. The maximum atomic E-state index is 12.8. The molecule has 1 aromatic heterocycles. The van der Waals surface area contributed by atoms with E-state index < -0.39 is 0 Å². The van der Waals surface area contributed by atoms with Crippen molar-refractivity contribution >= 4 is 17.7 Å². The Labute approximate surface area is 197 Å². The summed E-state index contributed by atoms with van der Waals surface area (Å²) < 4.78 is 5.39. The van der Waals surface area contributed by atoms with Crippen LogP contribution in [0.4, 0.5) is 0 Å². The third-order valence-electron chi connectivity index (χ3n) is 5.11. The average Bonchev–Trinajstić information content (AvgIpc) is 2.88. The third-order valence-corrected chi connectivity index (χ3v) is 5.93. The summed E-state index contributed by atoms with van der Waals surface area (Å²) in [7, 11) is 3.41. The van der Waals surface area contributed by atoms with Gasteiger partial charge in [-0.1, -0.05) is 90.6 Å². The number of amides is 1. The fourth-order valence-corrected chi connectivity index (χ4v) is 4.10. The first-order valence-corrected chi connectivity index (χ1v) is 11.5. The molecule has 33 heavy (non-hydrogen) atoms. The summed E-state index contributed by atoms with van der Waals surface area (Å²) in [4.78, 5) is 19.2. The van der Waals surface area contributed by atoms with E-state index in [9.17, 15) is 4.79 Å². The molecule has 0 saturated carbocycles. The Morgan fingerprint density at radius 3 is 2.12 bits per heavy atom. The summed E-state index contributed by atoms with van der Waals surface area (Å²) in [6.45, 7) is 0.463. The minimum atomic E-state index is -0.0251. The number of hydrogen-bond donors (Lipinski definition) is 0. The van der Waals surface area contributed by atoms with Crippen molar-refractivity contribution in [2.45, 2.75) is 11.7 Å². The van der Waals surface area contributed by atoms with Crippen LogP contribution in [0.3, 0.4) is 0 Å². The van der Waals surface area contributed by atoms with Crippen molar-refractivity contribution in [2.75, 3.05) is 19.9 Å². The van der Waals surface area contributed by atoms with Crippen LogP contribution >= 0.6 is 11.8 Å². The molecule has 0 bridgehead atoms. The zero-order chi connectivity index (χ0) is 23.0. The minimum absolute atomic E-state index is 0.0251. The van der Waals surface area contributed by atoms with Gasteiger partial charge in [-0.15, -0.1) is 10.2 Å². The van der Waals surface area contributed by atoms with E-state index in [1.807, 2.05) is 84.9 Å². The number of nitrogens with zero attached hydrogens (tertiary/aromatic N) is 4. The second-order valence-corrected chi connectivity index (χ2v) is 8.32. The van der Waals surface area contributed by atoms with Gasteiger partial charge in [0.1, 0.15) is 17.1 Å². The fraction of sp³-hybridized carbons (Fsp3) is 0.154. The Balaban J connectivity index is 1.51. The number of thioether (sulfide) groups is 1. The van der Waals surface area contributed by atoms with E-state index in [4.69, 9.17) is 9.72 Å². The van der Waals surface area contributed by atoms with Crippen LogP contribution in [-0.2, 0) is 11.3 Å². The van der Waals surface area contributed by atoms with Crippen molar-refractivity contribution in [2.24, 2.45) is 0 Å². The van der Waals surface area contributed by atoms with E-state index in [1.165, 1.54) is 11.8 Å². The van der Waals surface area contributed by atoms with Crippen LogP contribution in [0.25, 0.3) is 22.5 Å². The Bertz CT molecular complexity index is 1220. The molecule has 1 heterocycles. The van der Waals surface area contributed by atoms with Gasteiger partial charge in [0.2, 0.25) is 11.1 Å². The minimum Gasteiger partial charge on any atom is -0.496 e. The van der Waals surface area contributed by atoms with E-state index in [0.717, 1.165) is 28.1 Å². The predicted molar refractivity (Wildman–Crippen MR) is 131 cm³/mol. The Hall–Kier alpha value is -3.71. The molecule has 4 rings (SSSR count). The van der Waals surface area contributed by atoms with Gasteiger partial charge in [0.05, 0.1) is 12.9 Å². The lowest BCUT2D eigenvalue weighted by molar-refractivity contribution is -0.127. The molecule has 4 aromatic rings. The lowest BCUT2D eigenvalue weighted by Gasteiger charge is -2.18. The van der Waals surface area contributed by atoms with Gasteiger partial charge in [-0.2, -0.15) is 0 Å². The van der Waals surface area contributed by atoms with Crippen molar-refractivity contribution in [3.8, 4) is 28.3 Å². The summed E-state index contributed by atoms with van der Waals surface area (Å²) in [5, 5.41) is 9.22. The van der Waals surface area contributed by atoms with Gasteiger partial charge < -0.3 is 9.64 Å². The first kappa shape index (κ1) is 22.5. The van der Waals surface area contributed by atoms with Crippen LogP contribution in [0, 0.1) is 0 Å². The molecule has 0 saturated heterocycles. The van der Waals surface area contributed by atoms with Gasteiger partial charge in [0, 0.05) is 30.3 Å². The normalized spacial score (nSPS) is 10.6. The van der Waals surface area contributed by atoms with Gasteiger partial charge in [0.25, 0.3) is 0 Å². The Morgan fingerprint density at radius 1 is 0.848 bits per heavy atom. The molecule has 0 aliphatic heterocycles. The number of hydrogen-bond acceptors (Lipinski definition) is 6. The molecule has 1 amide bonds. The highest BCUT2D eigenvalue weighted by Crippen LogP contribution is 2.29. The molecule has 0 radical (unpaired) electrons. The Morgan fingerprint density at radius 2 is 1.45 bits per heavy atom. The maximum absolute atomic E-state index is 12.8. The monoisotopic (exact) mass is 456 g/mol. The number of aromatic nitrogens is 3. The number of ether oxygens (including phenoxy) is 1. The lowest BCUT2D eigenvalue weighted by Crippen LogP contribution is -2.28. The first-order valence-electron chi connectivity index (χ1n) is 10.5. The zero-order valence-corrected chi connectivity index (χ0v) is 19.3. The van der Waals surface area contributed by atoms with Crippen LogP contribution in [0.1, 0.15) is 5.56 Å². The van der Waals surface area contributed by atoms with Crippen LogP contribution in [0.15, 0.2) is 90.1 Å². The van der Waals surface area contributed by atoms with Crippen molar-refractivity contribution in [3.05, 3.63) is 90.5 Å². The van der Waals surface area contributed by atoms with Crippen molar-refractivity contribution in [1.82, 2.24) is 20.1 Å². The molecule has 0 spiro atoms. The van der Waals surface area contributed by atoms with Crippen LogP contribution < -0.4 is 4.74 Å². The van der Waals surface area contributed by atoms with E-state index in [2.05, 4.69) is 10.2 Å². The number of methoxy groups -OCH3 is 1. The quantitative estimate of drug-likeness (QED) is 0.349. The predicted octanol–water partition coefficient (Wildman–Crippen LogP) is 4.96. The molecule has 166 valence electrons. The number of carbonyl (C=O) groups is 1. The van der Waals surface area contributed by atoms with Gasteiger partial charge >= 0.3 is 0 Å². The van der Waals surface area contributed by atoms with E-state index in [-0.39, 0.29) is 11.7 Å². The fourth-order valence-electron chi connectivity index (χ4n) is 3.37. The maximum Gasteiger partial charge on any atom is 0.233 e. The summed E-state index contributed by atoms with van der Waals surface area (Å²) in [5.74, 6) is 0.955. The molecule has 0 fully saturated rings. The highest BCUT2D eigenvalue weighted by molar-refractivity contribution is 7.99. The second-order valence-electron chi connectivity index (χ2n) is 7.37. The van der Waals surface area contributed by atoms with Crippen molar-refractivity contribution in [1.29, 1.82) is 0 Å². The standard InChI is InChI=1S/C26H24N4O2S/c1-30(17-21-15-9-10-16-22(21)32-2)23(31)18-33-26-27-24(19-11-5-3-6-12-19)25(28-29-26)20-13-7-4-8-14-20/h3-16H,17-18H2,1-2H3. The average molecular weight is 457 g/mol. The third kappa shape index (κ3) is 5.56. The number of benzene rings is 3. The molecule has 0 N–H and O–H groups in total. The summed E-state index contributed by atoms with van der Waals surface area (Å²) in [5.41, 5.74) is 4.31. The first-order chi connectivity index (χ1) is 16.2. The van der Waals surface area contributed by atoms with Crippen molar-refractivity contribution < 1.29 is 9.53 Å². The smallest absolute Gasteiger partial charge is 0.233 e. The zero-order valence-electron chi connectivity index (χ0n) is 18.5. The summed E-state index contributed by atoms with van der Waals surface area (Å²) >= 11 is 1.28.